The van der Waals surface area contributed by atoms with E-state index in [9.17, 15) is 4.39 Å². The Labute approximate surface area is 145 Å². The second kappa shape index (κ2) is 6.64. The van der Waals surface area contributed by atoms with E-state index in [0.717, 1.165) is 23.5 Å². The Kier molecular flexibility index (Phi) is 4.19. The summed E-state index contributed by atoms with van der Waals surface area (Å²) in [7, 11) is 0. The Morgan fingerprint density at radius 2 is 1.88 bits per heavy atom. The van der Waals surface area contributed by atoms with E-state index in [0.29, 0.717) is 13.2 Å². The van der Waals surface area contributed by atoms with Gasteiger partial charge >= 0.3 is 0 Å². The smallest absolute Gasteiger partial charge is 0.177 e. The van der Waals surface area contributed by atoms with Gasteiger partial charge in [-0.25, -0.2) is 9.07 Å². The molecular formula is C19H19FN4O. The number of nitrogens with zero attached hydrogens (tertiary/aromatic N) is 4. The summed E-state index contributed by atoms with van der Waals surface area (Å²) in [5.74, 6) is -0.240. The minimum Gasteiger partial charge on any atom is -0.350 e. The number of hydrogen-bond donors (Lipinski definition) is 0. The molecule has 5 nitrogen and oxygen atoms in total. The van der Waals surface area contributed by atoms with Gasteiger partial charge in [0.25, 0.3) is 0 Å². The number of hydrogen-bond acceptors (Lipinski definition) is 4. The molecule has 2 heterocycles. The molecule has 3 aromatic rings. The van der Waals surface area contributed by atoms with Crippen LogP contribution in [0.5, 0.6) is 0 Å². The minimum atomic E-state index is -0.240. The van der Waals surface area contributed by atoms with Crippen LogP contribution in [-0.4, -0.2) is 28.1 Å². The predicted molar refractivity (Wildman–Crippen MR) is 92.7 cm³/mol. The van der Waals surface area contributed by atoms with Crippen molar-refractivity contribution in [2.24, 2.45) is 0 Å². The summed E-state index contributed by atoms with van der Waals surface area (Å²) in [6, 6.07) is 14.8. The van der Waals surface area contributed by atoms with Gasteiger partial charge in [-0.1, -0.05) is 35.0 Å². The van der Waals surface area contributed by atoms with Crippen molar-refractivity contribution in [3.05, 3.63) is 77.4 Å². The summed E-state index contributed by atoms with van der Waals surface area (Å²) in [4.78, 5) is 2.19. The second-order valence-electron chi connectivity index (χ2n) is 6.22. The van der Waals surface area contributed by atoms with Gasteiger partial charge in [0.05, 0.1) is 19.3 Å². The monoisotopic (exact) mass is 338 g/mol. The Bertz CT molecular complexity index is 845. The Morgan fingerprint density at radius 3 is 2.64 bits per heavy atom. The summed E-state index contributed by atoms with van der Waals surface area (Å²) in [5.41, 5.74) is 4.09. The highest BCUT2D eigenvalue weighted by Gasteiger charge is 2.29. The van der Waals surface area contributed by atoms with Crippen molar-refractivity contribution in [3.8, 4) is 0 Å². The van der Waals surface area contributed by atoms with Crippen LogP contribution in [0.15, 0.2) is 54.7 Å². The van der Waals surface area contributed by atoms with Crippen molar-refractivity contribution in [2.75, 3.05) is 18.1 Å². The van der Waals surface area contributed by atoms with Gasteiger partial charge in [0.2, 0.25) is 0 Å². The average molecular weight is 338 g/mol. The van der Waals surface area contributed by atoms with E-state index in [1.165, 1.54) is 17.7 Å². The fourth-order valence-electron chi connectivity index (χ4n) is 3.00. The van der Waals surface area contributed by atoms with Crippen molar-refractivity contribution in [3.63, 3.8) is 0 Å². The summed E-state index contributed by atoms with van der Waals surface area (Å²) in [6.07, 6.45) is 1.66. The molecule has 0 saturated carbocycles. The third-order valence-corrected chi connectivity index (χ3v) is 4.32. The Hall–Kier alpha value is -2.73. The van der Waals surface area contributed by atoms with Crippen LogP contribution >= 0.6 is 0 Å². The molecule has 1 aliphatic heterocycles. The first-order valence-corrected chi connectivity index (χ1v) is 8.28. The molecule has 1 atom stereocenters. The number of aryl methyl sites for hydroxylation is 1. The predicted octanol–water partition coefficient (Wildman–Crippen LogP) is 3.31. The van der Waals surface area contributed by atoms with Crippen LogP contribution in [0.1, 0.15) is 23.0 Å². The van der Waals surface area contributed by atoms with E-state index < -0.39 is 0 Å². The Morgan fingerprint density at radius 1 is 1.12 bits per heavy atom. The van der Waals surface area contributed by atoms with Gasteiger partial charge in [0.1, 0.15) is 11.5 Å². The van der Waals surface area contributed by atoms with Gasteiger partial charge in [-0.15, -0.1) is 5.10 Å². The van der Waals surface area contributed by atoms with Gasteiger partial charge in [0.15, 0.2) is 6.23 Å². The lowest BCUT2D eigenvalue weighted by atomic mass is 10.2. The summed E-state index contributed by atoms with van der Waals surface area (Å²) in [6.45, 7) is 4.09. The van der Waals surface area contributed by atoms with Crippen LogP contribution in [0.3, 0.4) is 0 Å². The largest absolute Gasteiger partial charge is 0.350 e. The maximum Gasteiger partial charge on any atom is 0.177 e. The number of benzene rings is 2. The number of ether oxygens (including phenoxy) is 1. The van der Waals surface area contributed by atoms with Crippen molar-refractivity contribution in [2.45, 2.75) is 19.7 Å². The average Bonchev–Trinajstić information content (AvgIpc) is 3.27. The first-order chi connectivity index (χ1) is 12.2. The highest BCUT2D eigenvalue weighted by molar-refractivity contribution is 5.49. The molecule has 0 bridgehead atoms. The fourth-order valence-corrected chi connectivity index (χ4v) is 3.00. The molecule has 0 spiro atoms. The van der Waals surface area contributed by atoms with E-state index in [-0.39, 0.29) is 12.0 Å². The third-order valence-electron chi connectivity index (χ3n) is 4.32. The molecule has 0 radical (unpaired) electrons. The van der Waals surface area contributed by atoms with E-state index in [1.54, 1.807) is 16.8 Å². The first-order valence-electron chi connectivity index (χ1n) is 8.28. The van der Waals surface area contributed by atoms with E-state index in [4.69, 9.17) is 4.74 Å². The fraction of sp³-hybridized carbons (Fsp3) is 0.263. The van der Waals surface area contributed by atoms with Crippen molar-refractivity contribution in [1.82, 2.24) is 15.0 Å². The molecule has 0 unspecified atom stereocenters. The first kappa shape index (κ1) is 15.8. The van der Waals surface area contributed by atoms with Crippen molar-refractivity contribution in [1.29, 1.82) is 0 Å². The van der Waals surface area contributed by atoms with Crippen LogP contribution < -0.4 is 4.90 Å². The molecular weight excluding hydrogens is 319 g/mol. The van der Waals surface area contributed by atoms with Crippen LogP contribution in [0, 0.1) is 12.7 Å². The molecule has 25 heavy (non-hydrogen) atoms. The second-order valence-corrected chi connectivity index (χ2v) is 6.22. The van der Waals surface area contributed by atoms with E-state index >= 15 is 0 Å². The molecule has 128 valence electrons. The standard InChI is InChI=1S/C19H19FN4O/c1-14-2-8-17(9-3-14)24-10-11-25-19(24)18-13-23(22-21-18)12-15-4-6-16(20)7-5-15/h2-9,13,19H,10-12H2,1H3/t19-/m1/s1. The molecule has 2 aromatic carbocycles. The highest BCUT2D eigenvalue weighted by atomic mass is 19.1. The summed E-state index contributed by atoms with van der Waals surface area (Å²) >= 11 is 0. The zero-order valence-corrected chi connectivity index (χ0v) is 14.0. The molecule has 0 N–H and O–H groups in total. The van der Waals surface area contributed by atoms with Crippen LogP contribution in [0.2, 0.25) is 0 Å². The highest BCUT2D eigenvalue weighted by Crippen LogP contribution is 2.31. The number of halogens is 1. The number of aromatic nitrogens is 3. The molecule has 6 heteroatoms. The lowest BCUT2D eigenvalue weighted by Gasteiger charge is -2.23. The van der Waals surface area contributed by atoms with Crippen LogP contribution in [0.25, 0.3) is 0 Å². The number of rotatable bonds is 4. The summed E-state index contributed by atoms with van der Waals surface area (Å²) < 4.78 is 20.6. The quantitative estimate of drug-likeness (QED) is 0.732. The topological polar surface area (TPSA) is 43.2 Å². The van der Waals surface area contributed by atoms with Gasteiger partial charge in [0, 0.05) is 12.2 Å². The van der Waals surface area contributed by atoms with Crippen LogP contribution in [-0.2, 0) is 11.3 Å². The lowest BCUT2D eigenvalue weighted by molar-refractivity contribution is 0.110. The van der Waals surface area contributed by atoms with Crippen molar-refractivity contribution < 1.29 is 9.13 Å². The molecule has 4 rings (SSSR count). The van der Waals surface area contributed by atoms with Gasteiger partial charge in [-0.05, 0) is 36.8 Å². The molecule has 1 saturated heterocycles. The zero-order valence-electron chi connectivity index (χ0n) is 14.0. The van der Waals surface area contributed by atoms with E-state index in [1.807, 2.05) is 6.20 Å². The normalized spacial score (nSPS) is 17.2. The Balaban J connectivity index is 1.52. The molecule has 0 aliphatic carbocycles. The molecule has 1 fully saturated rings. The minimum absolute atomic E-state index is 0.232. The molecule has 1 aliphatic rings. The zero-order chi connectivity index (χ0) is 17.2. The van der Waals surface area contributed by atoms with Crippen LogP contribution in [0.4, 0.5) is 10.1 Å². The van der Waals surface area contributed by atoms with Gasteiger partial charge < -0.3 is 9.64 Å². The number of anilines is 1. The molecule has 0 amide bonds. The van der Waals surface area contributed by atoms with E-state index in [2.05, 4.69) is 46.4 Å². The SMILES string of the molecule is Cc1ccc(N2CCO[C@@H]2c2cn(Cc3ccc(F)cc3)nn2)cc1. The maximum atomic E-state index is 13.0. The van der Waals surface area contributed by atoms with Crippen molar-refractivity contribution >= 4 is 5.69 Å². The lowest BCUT2D eigenvalue weighted by Crippen LogP contribution is -2.23. The van der Waals surface area contributed by atoms with Gasteiger partial charge in [-0.3, -0.25) is 0 Å². The van der Waals surface area contributed by atoms with Gasteiger partial charge in [-0.2, -0.15) is 0 Å². The molecule has 1 aromatic heterocycles. The third kappa shape index (κ3) is 3.39. The maximum absolute atomic E-state index is 13.0. The summed E-state index contributed by atoms with van der Waals surface area (Å²) in [5, 5.41) is 8.46.